The van der Waals surface area contributed by atoms with Gasteiger partial charge in [-0.25, -0.2) is 4.98 Å². The third kappa shape index (κ3) is 3.01. The van der Waals surface area contributed by atoms with Gasteiger partial charge in [0.2, 0.25) is 0 Å². The molecule has 0 unspecified atom stereocenters. The summed E-state index contributed by atoms with van der Waals surface area (Å²) in [6.07, 6.45) is -0.249. The minimum atomic E-state index is -4.72. The number of aromatic nitrogens is 3. The van der Waals surface area contributed by atoms with Crippen LogP contribution in [-0.2, 0) is 12.7 Å². The van der Waals surface area contributed by atoms with Crippen molar-refractivity contribution in [2.45, 2.75) is 12.7 Å². The minimum Gasteiger partial charge on any atom is -0.347 e. The van der Waals surface area contributed by atoms with Crippen molar-refractivity contribution in [1.82, 2.24) is 19.7 Å². The van der Waals surface area contributed by atoms with Gasteiger partial charge >= 0.3 is 6.18 Å². The molecule has 0 saturated carbocycles. The summed E-state index contributed by atoms with van der Waals surface area (Å²) in [6, 6.07) is 7.89. The molecule has 0 aliphatic carbocycles. The molecule has 0 radical (unpaired) electrons. The second-order valence-corrected chi connectivity index (χ2v) is 4.78. The minimum absolute atomic E-state index is 0.0614. The molecule has 0 aromatic carbocycles. The van der Waals surface area contributed by atoms with E-state index in [9.17, 15) is 18.0 Å². The molecular formula is C15H11F3N4O. The third-order valence-electron chi connectivity index (χ3n) is 3.19. The number of hydrogen-bond acceptors (Lipinski definition) is 3. The molecule has 0 bridgehead atoms. The van der Waals surface area contributed by atoms with E-state index in [1.807, 2.05) is 0 Å². The lowest BCUT2D eigenvalue weighted by atomic mass is 10.2. The Morgan fingerprint density at radius 2 is 2.04 bits per heavy atom. The molecular weight excluding hydrogens is 309 g/mol. The van der Waals surface area contributed by atoms with E-state index in [1.54, 1.807) is 24.4 Å². The highest BCUT2D eigenvalue weighted by atomic mass is 19.4. The number of hydrogen-bond donors (Lipinski definition) is 1. The Balaban J connectivity index is 1.96. The molecule has 0 aliphatic rings. The smallest absolute Gasteiger partial charge is 0.347 e. The standard InChI is InChI=1S/C15H11F3N4O/c16-15(17,18)13-12(22-7-2-1-5-11(22)21-13)14(23)20-9-10-4-3-6-19-8-10/h1-8H,9H2,(H,20,23). The van der Waals surface area contributed by atoms with Crippen LogP contribution in [0.4, 0.5) is 13.2 Å². The molecule has 118 valence electrons. The largest absolute Gasteiger partial charge is 0.435 e. The van der Waals surface area contributed by atoms with Gasteiger partial charge in [0.15, 0.2) is 5.69 Å². The number of alkyl halides is 3. The van der Waals surface area contributed by atoms with Gasteiger partial charge in [-0.05, 0) is 23.8 Å². The van der Waals surface area contributed by atoms with Crippen molar-refractivity contribution >= 4 is 11.6 Å². The highest BCUT2D eigenvalue weighted by Gasteiger charge is 2.39. The van der Waals surface area contributed by atoms with Gasteiger partial charge in [-0.2, -0.15) is 13.2 Å². The van der Waals surface area contributed by atoms with Crippen LogP contribution in [0.5, 0.6) is 0 Å². The summed E-state index contributed by atoms with van der Waals surface area (Å²) in [6.45, 7) is 0.0734. The number of nitrogens with one attached hydrogen (secondary N) is 1. The number of pyridine rings is 2. The van der Waals surface area contributed by atoms with E-state index in [1.165, 1.54) is 24.5 Å². The van der Waals surface area contributed by atoms with Crippen LogP contribution in [0, 0.1) is 0 Å². The van der Waals surface area contributed by atoms with Gasteiger partial charge < -0.3 is 5.32 Å². The number of carbonyl (C=O) groups is 1. The Morgan fingerprint density at radius 3 is 2.74 bits per heavy atom. The highest BCUT2D eigenvalue weighted by Crippen LogP contribution is 2.31. The zero-order chi connectivity index (χ0) is 16.4. The van der Waals surface area contributed by atoms with E-state index in [4.69, 9.17) is 0 Å². The number of halogens is 3. The van der Waals surface area contributed by atoms with Crippen molar-refractivity contribution < 1.29 is 18.0 Å². The first kappa shape index (κ1) is 15.0. The lowest BCUT2D eigenvalue weighted by Crippen LogP contribution is -2.27. The van der Waals surface area contributed by atoms with E-state index in [0.29, 0.717) is 5.56 Å². The lowest BCUT2D eigenvalue weighted by Gasteiger charge is -2.08. The average Bonchev–Trinajstić information content (AvgIpc) is 2.93. The predicted molar refractivity (Wildman–Crippen MR) is 75.6 cm³/mol. The van der Waals surface area contributed by atoms with Crippen molar-refractivity contribution in [1.29, 1.82) is 0 Å². The number of amides is 1. The van der Waals surface area contributed by atoms with Crippen molar-refractivity contribution in [3.63, 3.8) is 0 Å². The number of fused-ring (bicyclic) bond motifs is 1. The SMILES string of the molecule is O=C(NCc1cccnc1)c1c(C(F)(F)F)nc2ccccn12. The summed E-state index contributed by atoms with van der Waals surface area (Å²) >= 11 is 0. The van der Waals surface area contributed by atoms with Crippen molar-refractivity contribution in [2.75, 3.05) is 0 Å². The van der Waals surface area contributed by atoms with Crippen LogP contribution < -0.4 is 5.32 Å². The van der Waals surface area contributed by atoms with Crippen LogP contribution >= 0.6 is 0 Å². The third-order valence-corrected chi connectivity index (χ3v) is 3.19. The maximum Gasteiger partial charge on any atom is 0.435 e. The first-order valence-corrected chi connectivity index (χ1v) is 6.68. The fourth-order valence-electron chi connectivity index (χ4n) is 2.18. The second-order valence-electron chi connectivity index (χ2n) is 4.78. The van der Waals surface area contributed by atoms with Crippen molar-refractivity contribution in [2.24, 2.45) is 0 Å². The molecule has 3 rings (SSSR count). The first-order valence-electron chi connectivity index (χ1n) is 6.68. The molecule has 3 aromatic heterocycles. The molecule has 8 heteroatoms. The van der Waals surface area contributed by atoms with Gasteiger partial charge in [0.05, 0.1) is 0 Å². The lowest BCUT2D eigenvalue weighted by molar-refractivity contribution is -0.141. The number of imidazole rings is 1. The van der Waals surface area contributed by atoms with Crippen molar-refractivity contribution in [3.8, 4) is 0 Å². The van der Waals surface area contributed by atoms with E-state index in [2.05, 4.69) is 15.3 Å². The zero-order valence-corrected chi connectivity index (χ0v) is 11.7. The Labute approximate surface area is 128 Å². The van der Waals surface area contributed by atoms with E-state index < -0.39 is 23.5 Å². The molecule has 0 atom stereocenters. The fraction of sp³-hybridized carbons (Fsp3) is 0.133. The molecule has 23 heavy (non-hydrogen) atoms. The topological polar surface area (TPSA) is 59.3 Å². The molecule has 0 aliphatic heterocycles. The van der Waals surface area contributed by atoms with Crippen LogP contribution in [0.2, 0.25) is 0 Å². The van der Waals surface area contributed by atoms with Gasteiger partial charge in [-0.1, -0.05) is 12.1 Å². The van der Waals surface area contributed by atoms with Crippen LogP contribution in [0.1, 0.15) is 21.7 Å². The normalized spacial score (nSPS) is 11.6. The van der Waals surface area contributed by atoms with E-state index in [0.717, 1.165) is 4.40 Å². The van der Waals surface area contributed by atoms with Gasteiger partial charge in [0.25, 0.3) is 5.91 Å². The Kier molecular flexibility index (Phi) is 3.73. The molecule has 0 saturated heterocycles. The fourth-order valence-corrected chi connectivity index (χ4v) is 2.18. The van der Waals surface area contributed by atoms with Crippen LogP contribution in [0.3, 0.4) is 0 Å². The Hall–Kier alpha value is -2.90. The van der Waals surface area contributed by atoms with E-state index in [-0.39, 0.29) is 12.2 Å². The summed E-state index contributed by atoms with van der Waals surface area (Å²) in [4.78, 5) is 19.7. The number of rotatable bonds is 3. The van der Waals surface area contributed by atoms with Gasteiger partial charge in [-0.15, -0.1) is 0 Å². The summed E-state index contributed by atoms with van der Waals surface area (Å²) in [5.41, 5.74) is -0.987. The van der Waals surface area contributed by atoms with Crippen LogP contribution in [-0.4, -0.2) is 20.3 Å². The Morgan fingerprint density at radius 1 is 1.22 bits per heavy atom. The van der Waals surface area contributed by atoms with E-state index >= 15 is 0 Å². The van der Waals surface area contributed by atoms with Crippen LogP contribution in [0.15, 0.2) is 48.9 Å². The molecule has 3 aromatic rings. The van der Waals surface area contributed by atoms with Gasteiger partial charge in [-0.3, -0.25) is 14.2 Å². The molecule has 3 heterocycles. The summed E-state index contributed by atoms with van der Waals surface area (Å²) < 4.78 is 40.6. The molecule has 1 amide bonds. The average molecular weight is 320 g/mol. The van der Waals surface area contributed by atoms with Gasteiger partial charge in [0.1, 0.15) is 11.3 Å². The van der Waals surface area contributed by atoms with Gasteiger partial charge in [0, 0.05) is 25.1 Å². The number of nitrogens with zero attached hydrogens (tertiary/aromatic N) is 3. The quantitative estimate of drug-likeness (QED) is 0.807. The Bertz CT molecular complexity index is 843. The summed E-state index contributed by atoms with van der Waals surface area (Å²) in [5.74, 6) is -0.847. The summed E-state index contributed by atoms with van der Waals surface area (Å²) in [5, 5.41) is 2.47. The molecule has 0 spiro atoms. The molecule has 1 N–H and O–H groups in total. The predicted octanol–water partition coefficient (Wildman–Crippen LogP) is 2.68. The highest BCUT2D eigenvalue weighted by molar-refractivity contribution is 5.94. The number of carbonyl (C=O) groups excluding carboxylic acids is 1. The second kappa shape index (κ2) is 5.71. The van der Waals surface area contributed by atoms with Crippen LogP contribution in [0.25, 0.3) is 5.65 Å². The first-order chi connectivity index (χ1) is 11.0. The maximum absolute atomic E-state index is 13.1. The zero-order valence-electron chi connectivity index (χ0n) is 11.7. The summed E-state index contributed by atoms with van der Waals surface area (Å²) in [7, 11) is 0. The van der Waals surface area contributed by atoms with Crippen molar-refractivity contribution in [3.05, 3.63) is 65.9 Å². The molecule has 5 nitrogen and oxygen atoms in total. The molecule has 0 fully saturated rings. The maximum atomic E-state index is 13.1. The monoisotopic (exact) mass is 320 g/mol.